The average Bonchev–Trinajstić information content (AvgIpc) is 2.00. The molecular formula is C10H17NO4. The lowest BCUT2D eigenvalue weighted by molar-refractivity contribution is -0.146. The van der Waals surface area contributed by atoms with Crippen LogP contribution in [0.1, 0.15) is 34.6 Å². The number of hydrogen-bond donors (Lipinski definition) is 0. The summed E-state index contributed by atoms with van der Waals surface area (Å²) in [6.07, 6.45) is 0. The number of nitrogens with zero attached hydrogens (tertiary/aromatic N) is 1. The van der Waals surface area contributed by atoms with Crippen molar-refractivity contribution in [2.45, 2.75) is 40.2 Å². The molecule has 0 fully saturated rings. The van der Waals surface area contributed by atoms with Gasteiger partial charge in [-0.1, -0.05) is 5.16 Å². The van der Waals surface area contributed by atoms with Crippen molar-refractivity contribution in [2.24, 2.45) is 5.16 Å². The summed E-state index contributed by atoms with van der Waals surface area (Å²) < 4.78 is 4.99. The van der Waals surface area contributed by atoms with Gasteiger partial charge in [-0.2, -0.15) is 0 Å². The van der Waals surface area contributed by atoms with Gasteiger partial charge in [-0.25, -0.2) is 4.79 Å². The van der Waals surface area contributed by atoms with E-state index >= 15 is 0 Å². The summed E-state index contributed by atoms with van der Waals surface area (Å²) >= 11 is 0. The minimum Gasteiger partial charge on any atom is -0.455 e. The summed E-state index contributed by atoms with van der Waals surface area (Å²) in [4.78, 5) is 27.2. The van der Waals surface area contributed by atoms with Crippen LogP contribution in [0.3, 0.4) is 0 Å². The highest BCUT2D eigenvalue weighted by Crippen LogP contribution is 2.07. The fourth-order valence-electron chi connectivity index (χ4n) is 0.701. The first-order valence-corrected chi connectivity index (χ1v) is 4.72. The number of ketones is 1. The predicted octanol–water partition coefficient (Wildman–Crippen LogP) is 1.31. The van der Waals surface area contributed by atoms with Gasteiger partial charge in [-0.15, -0.1) is 0 Å². The first-order valence-electron chi connectivity index (χ1n) is 4.72. The Morgan fingerprint density at radius 1 is 1.27 bits per heavy atom. The Morgan fingerprint density at radius 3 is 2.13 bits per heavy atom. The molecule has 86 valence electrons. The van der Waals surface area contributed by atoms with Crippen LogP contribution in [0.5, 0.6) is 0 Å². The number of esters is 1. The third-order valence-electron chi connectivity index (χ3n) is 1.21. The van der Waals surface area contributed by atoms with Crippen LogP contribution in [0.4, 0.5) is 0 Å². The Bertz CT molecular complexity index is 276. The summed E-state index contributed by atoms with van der Waals surface area (Å²) in [6.45, 7) is 8.37. The third-order valence-corrected chi connectivity index (χ3v) is 1.21. The van der Waals surface area contributed by atoms with Crippen LogP contribution in [-0.2, 0) is 19.2 Å². The normalized spacial score (nSPS) is 12.2. The number of carbonyl (C=O) groups excluding carboxylic acids is 2. The molecule has 0 aliphatic heterocycles. The van der Waals surface area contributed by atoms with Crippen LogP contribution in [0.2, 0.25) is 0 Å². The SMILES string of the molecule is CCO/N=C(\C(C)=O)C(=O)OC(C)(C)C. The van der Waals surface area contributed by atoms with Gasteiger partial charge in [0.15, 0.2) is 5.78 Å². The molecule has 0 aromatic heterocycles. The minimum atomic E-state index is -0.761. The molecule has 5 heteroatoms. The van der Waals surface area contributed by atoms with Crippen molar-refractivity contribution in [1.82, 2.24) is 0 Å². The molecule has 0 unspecified atom stereocenters. The quantitative estimate of drug-likeness (QED) is 0.307. The van der Waals surface area contributed by atoms with Crippen LogP contribution in [0, 0.1) is 0 Å². The maximum Gasteiger partial charge on any atom is 0.364 e. The fourth-order valence-corrected chi connectivity index (χ4v) is 0.701. The van der Waals surface area contributed by atoms with Gasteiger partial charge in [0.1, 0.15) is 12.2 Å². The molecule has 0 rings (SSSR count). The molecule has 5 nitrogen and oxygen atoms in total. The van der Waals surface area contributed by atoms with E-state index in [9.17, 15) is 9.59 Å². The molecule has 0 spiro atoms. The van der Waals surface area contributed by atoms with E-state index in [2.05, 4.69) is 9.99 Å². The van der Waals surface area contributed by atoms with Gasteiger partial charge in [0.05, 0.1) is 0 Å². The van der Waals surface area contributed by atoms with Gasteiger partial charge < -0.3 is 9.57 Å². The summed E-state index contributed by atoms with van der Waals surface area (Å²) in [5.41, 5.74) is -0.966. The van der Waals surface area contributed by atoms with E-state index in [-0.39, 0.29) is 5.71 Å². The lowest BCUT2D eigenvalue weighted by atomic mass is 10.2. The fraction of sp³-hybridized carbons (Fsp3) is 0.700. The molecule has 0 radical (unpaired) electrons. The van der Waals surface area contributed by atoms with Crippen LogP contribution < -0.4 is 0 Å². The standard InChI is InChI=1S/C10H17NO4/c1-6-14-11-8(7(2)12)9(13)15-10(3,4)5/h6H2,1-5H3/b11-8+. The molecule has 0 saturated carbocycles. The van der Waals surface area contributed by atoms with Crippen LogP contribution in [-0.4, -0.2) is 29.7 Å². The van der Waals surface area contributed by atoms with Crippen LogP contribution >= 0.6 is 0 Å². The summed E-state index contributed by atoms with van der Waals surface area (Å²) in [5.74, 6) is -1.24. The molecule has 0 N–H and O–H groups in total. The maximum absolute atomic E-state index is 11.5. The molecule has 0 amide bonds. The minimum absolute atomic E-state index is 0.291. The number of ether oxygens (including phenoxy) is 1. The van der Waals surface area contributed by atoms with Crippen LogP contribution in [0.15, 0.2) is 5.16 Å². The number of hydrogen-bond acceptors (Lipinski definition) is 5. The summed E-state index contributed by atoms with van der Waals surface area (Å²) in [7, 11) is 0. The van der Waals surface area contributed by atoms with E-state index < -0.39 is 17.4 Å². The molecule has 0 atom stereocenters. The van der Waals surface area contributed by atoms with Crippen molar-refractivity contribution < 1.29 is 19.2 Å². The average molecular weight is 215 g/mol. The van der Waals surface area contributed by atoms with E-state index in [4.69, 9.17) is 4.74 Å². The summed E-state index contributed by atoms with van der Waals surface area (Å²) in [5, 5.41) is 3.42. The largest absolute Gasteiger partial charge is 0.455 e. The third kappa shape index (κ3) is 5.83. The van der Waals surface area contributed by atoms with Gasteiger partial charge in [0, 0.05) is 6.92 Å². The Labute approximate surface area is 89.4 Å². The highest BCUT2D eigenvalue weighted by Gasteiger charge is 2.24. The molecule has 0 aromatic carbocycles. The predicted molar refractivity (Wildman–Crippen MR) is 55.6 cm³/mol. The number of Topliss-reactive ketones (excluding diaryl/α,β-unsaturated/α-hetero) is 1. The Hall–Kier alpha value is -1.39. The Morgan fingerprint density at radius 2 is 1.80 bits per heavy atom. The van der Waals surface area contributed by atoms with E-state index in [0.29, 0.717) is 6.61 Å². The van der Waals surface area contributed by atoms with E-state index in [1.807, 2.05) is 0 Å². The number of oxime groups is 1. The molecule has 0 aromatic rings. The van der Waals surface area contributed by atoms with Gasteiger partial charge in [0.25, 0.3) is 0 Å². The molecule has 0 aliphatic rings. The van der Waals surface area contributed by atoms with Gasteiger partial charge >= 0.3 is 5.97 Å². The van der Waals surface area contributed by atoms with Crippen molar-refractivity contribution in [2.75, 3.05) is 6.61 Å². The van der Waals surface area contributed by atoms with Gasteiger partial charge in [-0.3, -0.25) is 4.79 Å². The monoisotopic (exact) mass is 215 g/mol. The highest BCUT2D eigenvalue weighted by molar-refractivity contribution is 6.63. The van der Waals surface area contributed by atoms with E-state index in [1.54, 1.807) is 27.7 Å². The second-order valence-electron chi connectivity index (χ2n) is 3.92. The van der Waals surface area contributed by atoms with Crippen molar-refractivity contribution in [3.05, 3.63) is 0 Å². The van der Waals surface area contributed by atoms with Gasteiger partial charge in [0.2, 0.25) is 5.71 Å². The van der Waals surface area contributed by atoms with Crippen molar-refractivity contribution in [1.29, 1.82) is 0 Å². The maximum atomic E-state index is 11.5. The first-order chi connectivity index (χ1) is 6.78. The van der Waals surface area contributed by atoms with Crippen molar-refractivity contribution in [3.63, 3.8) is 0 Å². The lowest BCUT2D eigenvalue weighted by Crippen LogP contribution is -2.32. The zero-order valence-corrected chi connectivity index (χ0v) is 9.79. The van der Waals surface area contributed by atoms with Crippen LogP contribution in [0.25, 0.3) is 0 Å². The number of carbonyl (C=O) groups is 2. The molecule has 0 aliphatic carbocycles. The number of rotatable bonds is 4. The lowest BCUT2D eigenvalue weighted by Gasteiger charge is -2.19. The first kappa shape index (κ1) is 13.6. The zero-order chi connectivity index (χ0) is 12.1. The highest BCUT2D eigenvalue weighted by atomic mass is 16.6. The van der Waals surface area contributed by atoms with Crippen molar-refractivity contribution in [3.8, 4) is 0 Å². The Balaban J connectivity index is 4.65. The molecule has 0 heterocycles. The second-order valence-corrected chi connectivity index (χ2v) is 3.92. The molecule has 0 saturated heterocycles. The molecular weight excluding hydrogens is 198 g/mol. The van der Waals surface area contributed by atoms with E-state index in [0.717, 1.165) is 0 Å². The summed E-state index contributed by atoms with van der Waals surface area (Å²) in [6, 6.07) is 0. The topological polar surface area (TPSA) is 65.0 Å². The molecule has 0 bridgehead atoms. The van der Waals surface area contributed by atoms with Gasteiger partial charge in [-0.05, 0) is 27.7 Å². The Kier molecular flexibility index (Phi) is 4.97. The van der Waals surface area contributed by atoms with E-state index in [1.165, 1.54) is 6.92 Å². The second kappa shape index (κ2) is 5.48. The smallest absolute Gasteiger partial charge is 0.364 e. The zero-order valence-electron chi connectivity index (χ0n) is 9.79. The molecule has 15 heavy (non-hydrogen) atoms. The van der Waals surface area contributed by atoms with Crippen molar-refractivity contribution >= 4 is 17.5 Å².